The monoisotopic (exact) mass is 417 g/mol. The van der Waals surface area contributed by atoms with E-state index in [4.69, 9.17) is 14.7 Å². The van der Waals surface area contributed by atoms with Gasteiger partial charge in [-0.15, -0.1) is 0 Å². The van der Waals surface area contributed by atoms with Gasteiger partial charge in [-0.25, -0.2) is 0 Å². The highest BCUT2D eigenvalue weighted by Gasteiger charge is 2.35. The SMILES string of the molecule is COc1ccc(CN2[C@@H](c3ncccc3C)CCC[C@H]2c2ncccc2C)c(CO)c1. The summed E-state index contributed by atoms with van der Waals surface area (Å²) in [6.07, 6.45) is 7.04. The Morgan fingerprint density at radius 3 is 2.06 bits per heavy atom. The molecule has 0 amide bonds. The zero-order chi connectivity index (χ0) is 21.8. The first-order valence-electron chi connectivity index (χ1n) is 11.0. The lowest BCUT2D eigenvalue weighted by atomic mass is 9.88. The van der Waals surface area contributed by atoms with Crippen molar-refractivity contribution >= 4 is 0 Å². The van der Waals surface area contributed by atoms with Crippen molar-refractivity contribution in [3.63, 3.8) is 0 Å². The summed E-state index contributed by atoms with van der Waals surface area (Å²) in [6, 6.07) is 14.7. The van der Waals surface area contributed by atoms with Crippen LogP contribution in [0.3, 0.4) is 0 Å². The fourth-order valence-electron chi connectivity index (χ4n) is 4.78. The lowest BCUT2D eigenvalue weighted by Gasteiger charge is -2.43. The van der Waals surface area contributed by atoms with E-state index in [1.165, 1.54) is 11.1 Å². The van der Waals surface area contributed by atoms with E-state index in [0.717, 1.165) is 54.1 Å². The molecule has 0 unspecified atom stereocenters. The van der Waals surface area contributed by atoms with Crippen LogP contribution in [-0.4, -0.2) is 27.1 Å². The van der Waals surface area contributed by atoms with Crippen LogP contribution in [0.4, 0.5) is 0 Å². The molecule has 1 N–H and O–H groups in total. The van der Waals surface area contributed by atoms with Crippen LogP contribution in [0.2, 0.25) is 0 Å². The third kappa shape index (κ3) is 4.48. The maximum absolute atomic E-state index is 10.0. The van der Waals surface area contributed by atoms with Gasteiger partial charge in [-0.05, 0) is 79.6 Å². The number of aromatic nitrogens is 2. The highest BCUT2D eigenvalue weighted by atomic mass is 16.5. The highest BCUT2D eigenvalue weighted by Crippen LogP contribution is 2.43. The molecule has 0 spiro atoms. The van der Waals surface area contributed by atoms with Gasteiger partial charge in [-0.3, -0.25) is 14.9 Å². The van der Waals surface area contributed by atoms with Crippen molar-refractivity contribution in [2.24, 2.45) is 0 Å². The molecule has 4 rings (SSSR count). The standard InChI is InChI=1S/C26H31N3O2/c1-18-7-5-13-27-25(18)23-9-4-10-24(26-19(2)8-6-14-28-26)29(23)16-20-11-12-22(31-3)15-21(20)17-30/h5-8,11-15,23-24,30H,4,9-10,16-17H2,1-3H3/t23-,24+. The van der Waals surface area contributed by atoms with Gasteiger partial charge >= 0.3 is 0 Å². The van der Waals surface area contributed by atoms with Crippen molar-refractivity contribution in [3.8, 4) is 5.75 Å². The van der Waals surface area contributed by atoms with Crippen molar-refractivity contribution in [1.29, 1.82) is 0 Å². The number of likely N-dealkylation sites (tertiary alicyclic amines) is 1. The molecule has 2 aromatic heterocycles. The van der Waals surface area contributed by atoms with E-state index in [0.29, 0.717) is 0 Å². The molecule has 0 bridgehead atoms. The maximum Gasteiger partial charge on any atom is 0.119 e. The lowest BCUT2D eigenvalue weighted by molar-refractivity contribution is 0.0671. The summed E-state index contributed by atoms with van der Waals surface area (Å²) < 4.78 is 5.37. The van der Waals surface area contributed by atoms with Crippen molar-refractivity contribution in [2.75, 3.05) is 7.11 Å². The smallest absolute Gasteiger partial charge is 0.119 e. The third-order valence-electron chi connectivity index (χ3n) is 6.42. The molecule has 5 nitrogen and oxygen atoms in total. The molecular formula is C26H31N3O2. The molecule has 1 fully saturated rings. The fourth-order valence-corrected chi connectivity index (χ4v) is 4.78. The predicted molar refractivity (Wildman–Crippen MR) is 122 cm³/mol. The summed E-state index contributed by atoms with van der Waals surface area (Å²) in [5, 5.41) is 10.0. The number of hydrogen-bond donors (Lipinski definition) is 1. The first-order chi connectivity index (χ1) is 15.1. The van der Waals surface area contributed by atoms with Crippen molar-refractivity contribution in [1.82, 2.24) is 14.9 Å². The Morgan fingerprint density at radius 2 is 1.55 bits per heavy atom. The lowest BCUT2D eigenvalue weighted by Crippen LogP contribution is -2.37. The number of rotatable bonds is 6. The molecule has 0 aliphatic carbocycles. The Kier molecular flexibility index (Phi) is 6.64. The topological polar surface area (TPSA) is 58.5 Å². The molecule has 2 atom stereocenters. The van der Waals surface area contributed by atoms with Gasteiger partial charge in [-0.1, -0.05) is 18.2 Å². The normalized spacial score (nSPS) is 19.4. The first-order valence-corrected chi connectivity index (χ1v) is 11.0. The summed E-state index contributed by atoms with van der Waals surface area (Å²) in [7, 11) is 1.65. The Morgan fingerprint density at radius 1 is 0.935 bits per heavy atom. The van der Waals surface area contributed by atoms with Crippen LogP contribution in [-0.2, 0) is 13.2 Å². The molecular weight excluding hydrogens is 386 g/mol. The molecule has 0 radical (unpaired) electrons. The molecule has 5 heteroatoms. The van der Waals surface area contributed by atoms with Gasteiger partial charge in [0.05, 0.1) is 37.2 Å². The van der Waals surface area contributed by atoms with Crippen LogP contribution < -0.4 is 4.74 Å². The zero-order valence-corrected chi connectivity index (χ0v) is 18.6. The predicted octanol–water partition coefficient (Wildman–Crippen LogP) is 5.06. The second kappa shape index (κ2) is 9.58. The van der Waals surface area contributed by atoms with Crippen LogP contribution in [0.1, 0.15) is 65.0 Å². The highest BCUT2D eigenvalue weighted by molar-refractivity contribution is 5.36. The molecule has 1 aromatic carbocycles. The minimum absolute atomic E-state index is 0.0130. The number of piperidine rings is 1. The second-order valence-corrected chi connectivity index (χ2v) is 8.34. The minimum Gasteiger partial charge on any atom is -0.497 e. The van der Waals surface area contributed by atoms with E-state index < -0.39 is 0 Å². The molecule has 3 aromatic rings. The van der Waals surface area contributed by atoms with Crippen LogP contribution in [0, 0.1) is 13.8 Å². The van der Waals surface area contributed by atoms with Crippen LogP contribution in [0.5, 0.6) is 5.75 Å². The van der Waals surface area contributed by atoms with Crippen LogP contribution in [0.15, 0.2) is 54.9 Å². The molecule has 31 heavy (non-hydrogen) atoms. The van der Waals surface area contributed by atoms with Crippen LogP contribution >= 0.6 is 0 Å². The number of aliphatic hydroxyl groups is 1. The molecule has 1 aliphatic heterocycles. The average molecular weight is 418 g/mol. The van der Waals surface area contributed by atoms with E-state index in [-0.39, 0.29) is 18.7 Å². The number of benzene rings is 1. The Labute approximate surface area is 184 Å². The molecule has 1 aliphatic rings. The Hall–Kier alpha value is -2.76. The van der Waals surface area contributed by atoms with Crippen molar-refractivity contribution in [2.45, 2.75) is 58.3 Å². The second-order valence-electron chi connectivity index (χ2n) is 8.34. The van der Waals surface area contributed by atoms with E-state index in [1.807, 2.05) is 36.7 Å². The van der Waals surface area contributed by atoms with Crippen molar-refractivity contribution < 1.29 is 9.84 Å². The van der Waals surface area contributed by atoms with E-state index in [2.05, 4.69) is 36.9 Å². The van der Waals surface area contributed by atoms with E-state index >= 15 is 0 Å². The molecule has 0 saturated carbocycles. The van der Waals surface area contributed by atoms with Crippen LogP contribution in [0.25, 0.3) is 0 Å². The van der Waals surface area contributed by atoms with E-state index in [9.17, 15) is 5.11 Å². The molecule has 1 saturated heterocycles. The quantitative estimate of drug-likeness (QED) is 0.607. The van der Waals surface area contributed by atoms with E-state index in [1.54, 1.807) is 7.11 Å². The maximum atomic E-state index is 10.0. The number of methoxy groups -OCH3 is 1. The number of pyridine rings is 2. The number of aryl methyl sites for hydroxylation is 2. The third-order valence-corrected chi connectivity index (χ3v) is 6.42. The minimum atomic E-state index is -0.0130. The largest absolute Gasteiger partial charge is 0.497 e. The summed E-state index contributed by atoms with van der Waals surface area (Å²) in [5.41, 5.74) is 6.72. The van der Waals surface area contributed by atoms with Gasteiger partial charge < -0.3 is 9.84 Å². The van der Waals surface area contributed by atoms with Crippen molar-refractivity contribution in [3.05, 3.63) is 88.5 Å². The van der Waals surface area contributed by atoms with Gasteiger partial charge in [-0.2, -0.15) is 0 Å². The van der Waals surface area contributed by atoms with Gasteiger partial charge in [0.1, 0.15) is 5.75 Å². The van der Waals surface area contributed by atoms with Gasteiger partial charge in [0.25, 0.3) is 0 Å². The zero-order valence-electron chi connectivity index (χ0n) is 18.6. The summed E-state index contributed by atoms with van der Waals surface area (Å²) in [5.74, 6) is 0.765. The Balaban J connectivity index is 1.78. The molecule has 3 heterocycles. The number of hydrogen-bond acceptors (Lipinski definition) is 5. The average Bonchev–Trinajstić information content (AvgIpc) is 2.80. The number of aliphatic hydroxyl groups excluding tert-OH is 1. The number of ether oxygens (including phenoxy) is 1. The number of nitrogens with zero attached hydrogens (tertiary/aromatic N) is 3. The van der Waals surface area contributed by atoms with Gasteiger partial charge in [0, 0.05) is 18.9 Å². The van der Waals surface area contributed by atoms with Gasteiger partial charge in [0.2, 0.25) is 0 Å². The Bertz CT molecular complexity index is 983. The van der Waals surface area contributed by atoms with Gasteiger partial charge in [0.15, 0.2) is 0 Å². The fraction of sp³-hybridized carbons (Fsp3) is 0.385. The molecule has 162 valence electrons. The summed E-state index contributed by atoms with van der Waals surface area (Å²) in [6.45, 7) is 4.99. The summed E-state index contributed by atoms with van der Waals surface area (Å²) in [4.78, 5) is 12.1. The first kappa shape index (κ1) is 21.5. The summed E-state index contributed by atoms with van der Waals surface area (Å²) >= 11 is 0.